The van der Waals surface area contributed by atoms with Crippen LogP contribution in [0.3, 0.4) is 0 Å². The molecular weight excluding hydrogens is 455 g/mol. The van der Waals surface area contributed by atoms with Crippen molar-refractivity contribution >= 4 is 41.0 Å². The Kier molecular flexibility index (Phi) is 9.27. The highest BCUT2D eigenvalue weighted by Gasteiger charge is 2.13. The lowest BCUT2D eigenvalue weighted by Gasteiger charge is -2.14. The summed E-state index contributed by atoms with van der Waals surface area (Å²) >= 11 is 2.12. The number of hydrogen-bond donors (Lipinski definition) is 1. The Bertz CT molecular complexity index is 735. The third-order valence-electron chi connectivity index (χ3n) is 3.18. The van der Waals surface area contributed by atoms with Crippen LogP contribution in [0.2, 0.25) is 0 Å². The average Bonchev–Trinajstić information content (AvgIpc) is 2.60. The number of carbonyl (C=O) groups is 1. The van der Waals surface area contributed by atoms with Gasteiger partial charge in [-0.05, 0) is 46.4 Å². The Morgan fingerprint density at radius 3 is 2.64 bits per heavy atom. The minimum Gasteiger partial charge on any atom is -0.491 e. The molecule has 0 bridgehead atoms. The molecule has 25 heavy (non-hydrogen) atoms. The molecule has 0 heterocycles. The van der Waals surface area contributed by atoms with Crippen molar-refractivity contribution in [2.75, 3.05) is 6.61 Å². The molecule has 1 atom stereocenters. The molecule has 2 aromatic carbocycles. The van der Waals surface area contributed by atoms with Crippen molar-refractivity contribution in [3.05, 3.63) is 63.2 Å². The minimum absolute atomic E-state index is 0. The van der Waals surface area contributed by atoms with Gasteiger partial charge in [0.2, 0.25) is 0 Å². The number of rotatable bonds is 7. The zero-order chi connectivity index (χ0) is 17.4. The maximum Gasteiger partial charge on any atom is 0.307 e. The molecule has 0 aliphatic heterocycles. The number of nitrogens with two attached hydrogens (primary N) is 1. The monoisotopic (exact) mass is 472 g/mol. The van der Waals surface area contributed by atoms with Gasteiger partial charge in [-0.15, -0.1) is 12.4 Å². The maximum atomic E-state index is 11.8. The van der Waals surface area contributed by atoms with E-state index in [1.165, 1.54) is 0 Å². The zero-order valence-corrected chi connectivity index (χ0v) is 16.3. The standard InChI is InChI=1S/C18H17IN2O3.ClH/c19-16-7-6-14(10-20)8-17(16)23-12-15(21)9-18(22)24-11-13-4-2-1-3-5-13;/h1-8,15H,9,11-12,21H2;1H. The number of benzene rings is 2. The van der Waals surface area contributed by atoms with Gasteiger partial charge in [0.1, 0.15) is 19.0 Å². The third-order valence-corrected chi connectivity index (χ3v) is 4.08. The summed E-state index contributed by atoms with van der Waals surface area (Å²) in [4.78, 5) is 11.8. The number of nitrogens with zero attached hydrogens (tertiary/aromatic N) is 1. The molecule has 2 aromatic rings. The van der Waals surface area contributed by atoms with Crippen molar-refractivity contribution in [1.82, 2.24) is 0 Å². The number of carbonyl (C=O) groups excluding carboxylic acids is 1. The van der Waals surface area contributed by atoms with Crippen LogP contribution in [-0.2, 0) is 16.1 Å². The van der Waals surface area contributed by atoms with Gasteiger partial charge < -0.3 is 15.2 Å². The summed E-state index contributed by atoms with van der Waals surface area (Å²) in [5.41, 5.74) is 7.36. The van der Waals surface area contributed by atoms with E-state index in [0.29, 0.717) is 11.3 Å². The van der Waals surface area contributed by atoms with E-state index >= 15 is 0 Å². The lowest BCUT2D eigenvalue weighted by molar-refractivity contribution is -0.145. The van der Waals surface area contributed by atoms with Gasteiger partial charge in [-0.2, -0.15) is 5.26 Å². The van der Waals surface area contributed by atoms with Crippen molar-refractivity contribution in [2.45, 2.75) is 19.1 Å². The molecule has 0 amide bonds. The molecule has 0 aliphatic rings. The predicted octanol–water partition coefficient (Wildman–Crippen LogP) is 3.42. The number of nitriles is 1. The van der Waals surface area contributed by atoms with E-state index < -0.39 is 6.04 Å². The molecule has 5 nitrogen and oxygen atoms in total. The van der Waals surface area contributed by atoms with E-state index in [4.69, 9.17) is 20.5 Å². The van der Waals surface area contributed by atoms with Crippen molar-refractivity contribution in [1.29, 1.82) is 5.26 Å². The molecule has 0 aliphatic carbocycles. The molecule has 0 fully saturated rings. The Hall–Kier alpha value is -1.82. The fourth-order valence-corrected chi connectivity index (χ4v) is 2.44. The molecule has 2 rings (SSSR count). The van der Waals surface area contributed by atoms with E-state index in [1.54, 1.807) is 18.2 Å². The van der Waals surface area contributed by atoms with Gasteiger partial charge in [-0.25, -0.2) is 0 Å². The highest BCUT2D eigenvalue weighted by Crippen LogP contribution is 2.22. The first-order valence-corrected chi connectivity index (χ1v) is 8.44. The van der Waals surface area contributed by atoms with Gasteiger partial charge in [0, 0.05) is 6.04 Å². The maximum absolute atomic E-state index is 11.8. The minimum atomic E-state index is -0.477. The number of halogens is 2. The van der Waals surface area contributed by atoms with Crippen LogP contribution in [0.25, 0.3) is 0 Å². The normalized spacial score (nSPS) is 10.9. The van der Waals surface area contributed by atoms with Crippen LogP contribution in [0.15, 0.2) is 48.5 Å². The first kappa shape index (κ1) is 21.2. The van der Waals surface area contributed by atoms with Crippen LogP contribution in [0.4, 0.5) is 0 Å². The molecule has 0 radical (unpaired) electrons. The summed E-state index contributed by atoms with van der Waals surface area (Å²) < 4.78 is 11.7. The van der Waals surface area contributed by atoms with Crippen LogP contribution in [0, 0.1) is 14.9 Å². The van der Waals surface area contributed by atoms with Crippen molar-refractivity contribution in [2.24, 2.45) is 5.73 Å². The molecular formula is C18H18ClIN2O3. The summed E-state index contributed by atoms with van der Waals surface area (Å²) in [5, 5.41) is 8.91. The first-order chi connectivity index (χ1) is 11.6. The molecule has 1 unspecified atom stereocenters. The van der Waals surface area contributed by atoms with E-state index in [2.05, 4.69) is 28.7 Å². The van der Waals surface area contributed by atoms with Crippen LogP contribution < -0.4 is 10.5 Å². The van der Waals surface area contributed by atoms with E-state index in [9.17, 15) is 4.79 Å². The Balaban J connectivity index is 0.00000312. The molecule has 7 heteroatoms. The number of ether oxygens (including phenoxy) is 2. The zero-order valence-electron chi connectivity index (χ0n) is 13.4. The van der Waals surface area contributed by atoms with Gasteiger partial charge in [-0.3, -0.25) is 4.79 Å². The van der Waals surface area contributed by atoms with Crippen molar-refractivity contribution < 1.29 is 14.3 Å². The quantitative estimate of drug-likeness (QED) is 0.493. The SMILES string of the molecule is Cl.N#Cc1ccc(I)c(OCC(N)CC(=O)OCc2ccccc2)c1. The van der Waals surface area contributed by atoms with Gasteiger partial charge in [0.15, 0.2) is 0 Å². The van der Waals surface area contributed by atoms with Gasteiger partial charge in [0.05, 0.1) is 21.6 Å². The second-order valence-corrected chi connectivity index (χ2v) is 6.34. The fraction of sp³-hybridized carbons (Fsp3) is 0.222. The molecule has 0 saturated carbocycles. The average molecular weight is 473 g/mol. The second-order valence-electron chi connectivity index (χ2n) is 5.18. The molecule has 0 spiro atoms. The van der Waals surface area contributed by atoms with Crippen LogP contribution in [0.1, 0.15) is 17.5 Å². The van der Waals surface area contributed by atoms with Crippen LogP contribution in [0.5, 0.6) is 5.75 Å². The van der Waals surface area contributed by atoms with Gasteiger partial charge in [0.25, 0.3) is 0 Å². The Labute approximate surface area is 166 Å². The first-order valence-electron chi connectivity index (χ1n) is 7.36. The smallest absolute Gasteiger partial charge is 0.307 e. The number of hydrogen-bond acceptors (Lipinski definition) is 5. The predicted molar refractivity (Wildman–Crippen MR) is 105 cm³/mol. The lowest BCUT2D eigenvalue weighted by Crippen LogP contribution is -2.31. The topological polar surface area (TPSA) is 85.3 Å². The van der Waals surface area contributed by atoms with Gasteiger partial charge >= 0.3 is 5.97 Å². The van der Waals surface area contributed by atoms with Crippen LogP contribution >= 0.6 is 35.0 Å². The van der Waals surface area contributed by atoms with Crippen LogP contribution in [-0.4, -0.2) is 18.6 Å². The Morgan fingerprint density at radius 2 is 1.96 bits per heavy atom. The Morgan fingerprint density at radius 1 is 1.24 bits per heavy atom. The second kappa shape index (κ2) is 10.9. The lowest BCUT2D eigenvalue weighted by atomic mass is 10.2. The largest absolute Gasteiger partial charge is 0.491 e. The third kappa shape index (κ3) is 7.30. The summed E-state index contributed by atoms with van der Waals surface area (Å²) in [6, 6.07) is 16.2. The number of esters is 1. The van der Waals surface area contributed by atoms with Gasteiger partial charge in [-0.1, -0.05) is 30.3 Å². The molecule has 132 valence electrons. The molecule has 0 aromatic heterocycles. The fourth-order valence-electron chi connectivity index (χ4n) is 1.95. The van der Waals surface area contributed by atoms with Crippen molar-refractivity contribution in [3.8, 4) is 11.8 Å². The molecule has 2 N–H and O–H groups in total. The van der Waals surface area contributed by atoms with E-state index in [-0.39, 0.29) is 38.0 Å². The summed E-state index contributed by atoms with van der Waals surface area (Å²) in [7, 11) is 0. The highest BCUT2D eigenvalue weighted by atomic mass is 127. The summed E-state index contributed by atoms with van der Waals surface area (Å²) in [6.07, 6.45) is 0.0708. The molecule has 0 saturated heterocycles. The summed E-state index contributed by atoms with van der Waals surface area (Å²) in [6.45, 7) is 0.403. The van der Waals surface area contributed by atoms with Crippen molar-refractivity contribution in [3.63, 3.8) is 0 Å². The van der Waals surface area contributed by atoms with E-state index in [1.807, 2.05) is 30.3 Å². The van der Waals surface area contributed by atoms with E-state index in [0.717, 1.165) is 9.13 Å². The summed E-state index contributed by atoms with van der Waals surface area (Å²) in [5.74, 6) is 0.221. The highest BCUT2D eigenvalue weighted by molar-refractivity contribution is 14.1.